The van der Waals surface area contributed by atoms with Gasteiger partial charge in [-0.1, -0.05) is 18.2 Å². The number of benzene rings is 2. The van der Waals surface area contributed by atoms with E-state index in [4.69, 9.17) is 4.74 Å². The highest BCUT2D eigenvalue weighted by Gasteiger charge is 2.08. The molecule has 0 atom stereocenters. The van der Waals surface area contributed by atoms with E-state index < -0.39 is 11.6 Å². The van der Waals surface area contributed by atoms with E-state index in [0.717, 1.165) is 23.4 Å². The zero-order chi connectivity index (χ0) is 16.7. The van der Waals surface area contributed by atoms with Crippen LogP contribution in [0.4, 0.5) is 14.5 Å². The molecule has 0 aliphatic carbocycles. The Kier molecular flexibility index (Phi) is 6.05. The first-order valence-corrected chi connectivity index (χ1v) is 7.17. The highest BCUT2D eigenvalue weighted by molar-refractivity contribution is 5.90. The third-order valence-electron chi connectivity index (χ3n) is 3.24. The van der Waals surface area contributed by atoms with Gasteiger partial charge in [-0.2, -0.15) is 0 Å². The Labute approximate surface area is 133 Å². The fourth-order valence-corrected chi connectivity index (χ4v) is 2.08. The number of methoxy groups -OCH3 is 1. The van der Waals surface area contributed by atoms with Gasteiger partial charge >= 0.3 is 0 Å². The van der Waals surface area contributed by atoms with E-state index in [0.29, 0.717) is 13.1 Å². The van der Waals surface area contributed by atoms with Gasteiger partial charge in [-0.3, -0.25) is 4.79 Å². The molecule has 6 heteroatoms. The Hall–Kier alpha value is -2.47. The Balaban J connectivity index is 1.76. The SMILES string of the molecule is COc1ccccc1CNCCC(=O)Nc1ccc(F)cc1F. The fraction of sp³-hybridized carbons (Fsp3) is 0.235. The molecule has 4 nitrogen and oxygen atoms in total. The third-order valence-corrected chi connectivity index (χ3v) is 3.24. The van der Waals surface area contributed by atoms with Gasteiger partial charge in [0.2, 0.25) is 5.91 Å². The summed E-state index contributed by atoms with van der Waals surface area (Å²) < 4.78 is 31.4. The van der Waals surface area contributed by atoms with Gasteiger partial charge in [-0.15, -0.1) is 0 Å². The van der Waals surface area contributed by atoms with Crippen LogP contribution < -0.4 is 15.4 Å². The zero-order valence-corrected chi connectivity index (χ0v) is 12.7. The second-order valence-corrected chi connectivity index (χ2v) is 4.91. The molecule has 1 amide bonds. The van der Waals surface area contributed by atoms with E-state index in [1.54, 1.807) is 7.11 Å². The summed E-state index contributed by atoms with van der Waals surface area (Å²) in [6, 6.07) is 10.6. The lowest BCUT2D eigenvalue weighted by atomic mass is 10.2. The van der Waals surface area contributed by atoms with Gasteiger partial charge in [0.25, 0.3) is 0 Å². The smallest absolute Gasteiger partial charge is 0.225 e. The Bertz CT molecular complexity index is 677. The molecule has 0 aliphatic heterocycles. The van der Waals surface area contributed by atoms with Crippen molar-refractivity contribution in [3.8, 4) is 5.75 Å². The van der Waals surface area contributed by atoms with E-state index >= 15 is 0 Å². The van der Waals surface area contributed by atoms with Crippen molar-refractivity contribution < 1.29 is 18.3 Å². The number of hydrogen-bond donors (Lipinski definition) is 2. The lowest BCUT2D eigenvalue weighted by Crippen LogP contribution is -2.22. The summed E-state index contributed by atoms with van der Waals surface area (Å²) in [5.41, 5.74) is 0.959. The Morgan fingerprint density at radius 3 is 2.70 bits per heavy atom. The molecule has 122 valence electrons. The molecule has 0 fully saturated rings. The summed E-state index contributed by atoms with van der Waals surface area (Å²) in [7, 11) is 1.60. The molecule has 0 aliphatic rings. The molecule has 23 heavy (non-hydrogen) atoms. The predicted molar refractivity (Wildman–Crippen MR) is 84.3 cm³/mol. The molecule has 2 N–H and O–H groups in total. The quantitative estimate of drug-likeness (QED) is 0.771. The van der Waals surface area contributed by atoms with Gasteiger partial charge in [-0.05, 0) is 18.2 Å². The first-order chi connectivity index (χ1) is 11.1. The number of rotatable bonds is 7. The third kappa shape index (κ3) is 5.03. The first kappa shape index (κ1) is 16.9. The summed E-state index contributed by atoms with van der Waals surface area (Å²) in [6.45, 7) is 0.981. The van der Waals surface area contributed by atoms with Gasteiger partial charge in [-0.25, -0.2) is 8.78 Å². The molecule has 2 aromatic rings. The average Bonchev–Trinajstić information content (AvgIpc) is 2.54. The highest BCUT2D eigenvalue weighted by Crippen LogP contribution is 2.17. The predicted octanol–water partition coefficient (Wildman–Crippen LogP) is 3.09. The normalized spacial score (nSPS) is 10.4. The van der Waals surface area contributed by atoms with E-state index in [1.165, 1.54) is 6.07 Å². The number of nitrogens with one attached hydrogen (secondary N) is 2. The maximum atomic E-state index is 13.4. The van der Waals surface area contributed by atoms with Crippen LogP contribution in [0.3, 0.4) is 0 Å². The van der Waals surface area contributed by atoms with Gasteiger partial charge in [0, 0.05) is 31.1 Å². The van der Waals surface area contributed by atoms with E-state index in [2.05, 4.69) is 10.6 Å². The maximum absolute atomic E-state index is 13.4. The van der Waals surface area contributed by atoms with Crippen LogP contribution in [-0.2, 0) is 11.3 Å². The number of para-hydroxylation sites is 1. The molecule has 0 bridgehead atoms. The first-order valence-electron chi connectivity index (χ1n) is 7.17. The fourth-order valence-electron chi connectivity index (χ4n) is 2.08. The summed E-state index contributed by atoms with van der Waals surface area (Å²) in [5, 5.41) is 5.54. The van der Waals surface area contributed by atoms with E-state index in [9.17, 15) is 13.6 Å². The molecule has 0 aromatic heterocycles. The molecule has 0 heterocycles. The number of hydrogen-bond acceptors (Lipinski definition) is 3. The second kappa shape index (κ2) is 8.24. The summed E-state index contributed by atoms with van der Waals surface area (Å²) in [4.78, 5) is 11.7. The van der Waals surface area contributed by atoms with Crippen molar-refractivity contribution in [2.45, 2.75) is 13.0 Å². The minimum Gasteiger partial charge on any atom is -0.496 e. The number of carbonyl (C=O) groups excluding carboxylic acids is 1. The minimum atomic E-state index is -0.791. The molecule has 0 spiro atoms. The lowest BCUT2D eigenvalue weighted by molar-refractivity contribution is -0.116. The largest absolute Gasteiger partial charge is 0.496 e. The van der Waals surface area contributed by atoms with Gasteiger partial charge in [0.1, 0.15) is 17.4 Å². The molecule has 0 unspecified atom stereocenters. The van der Waals surface area contributed by atoms with Gasteiger partial charge < -0.3 is 15.4 Å². The number of carbonyl (C=O) groups is 1. The van der Waals surface area contributed by atoms with Crippen LogP contribution in [-0.4, -0.2) is 19.6 Å². The minimum absolute atomic E-state index is 0.0267. The van der Waals surface area contributed by atoms with Crippen LogP contribution in [0, 0.1) is 11.6 Å². The van der Waals surface area contributed by atoms with Crippen molar-refractivity contribution in [3.63, 3.8) is 0 Å². The van der Waals surface area contributed by atoms with Crippen LogP contribution in [0.15, 0.2) is 42.5 Å². The average molecular weight is 320 g/mol. The maximum Gasteiger partial charge on any atom is 0.225 e. The van der Waals surface area contributed by atoms with E-state index in [1.807, 2.05) is 24.3 Å². The molecule has 2 aromatic carbocycles. The van der Waals surface area contributed by atoms with Crippen molar-refractivity contribution in [1.82, 2.24) is 5.32 Å². The summed E-state index contributed by atoms with van der Waals surface area (Å²) in [6.07, 6.45) is 0.173. The molecule has 0 radical (unpaired) electrons. The topological polar surface area (TPSA) is 50.4 Å². The Morgan fingerprint density at radius 2 is 1.96 bits per heavy atom. The zero-order valence-electron chi connectivity index (χ0n) is 12.7. The van der Waals surface area contributed by atoms with Gasteiger partial charge in [0.05, 0.1) is 12.8 Å². The summed E-state index contributed by atoms with van der Waals surface area (Å²) in [5.74, 6) is -1.04. The highest BCUT2D eigenvalue weighted by atomic mass is 19.1. The monoisotopic (exact) mass is 320 g/mol. The summed E-state index contributed by atoms with van der Waals surface area (Å²) >= 11 is 0. The van der Waals surface area contributed by atoms with Crippen molar-refractivity contribution >= 4 is 11.6 Å². The number of amides is 1. The molecular weight excluding hydrogens is 302 g/mol. The van der Waals surface area contributed by atoms with Crippen LogP contribution >= 0.6 is 0 Å². The van der Waals surface area contributed by atoms with Gasteiger partial charge in [0.15, 0.2) is 0 Å². The van der Waals surface area contributed by atoms with Crippen LogP contribution in [0.25, 0.3) is 0 Å². The molecule has 0 saturated heterocycles. The second-order valence-electron chi connectivity index (χ2n) is 4.91. The van der Waals surface area contributed by atoms with E-state index in [-0.39, 0.29) is 18.0 Å². The number of halogens is 2. The van der Waals surface area contributed by atoms with Crippen LogP contribution in [0.2, 0.25) is 0 Å². The molecular formula is C17H18F2N2O2. The standard InChI is InChI=1S/C17H18F2N2O2/c1-23-16-5-3-2-4-12(16)11-20-9-8-17(22)21-15-7-6-13(18)10-14(15)19/h2-7,10,20H,8-9,11H2,1H3,(H,21,22). The van der Waals surface area contributed by atoms with Crippen molar-refractivity contribution in [2.75, 3.05) is 19.0 Å². The van der Waals surface area contributed by atoms with Crippen molar-refractivity contribution in [3.05, 3.63) is 59.7 Å². The van der Waals surface area contributed by atoms with Crippen molar-refractivity contribution in [1.29, 1.82) is 0 Å². The molecule has 2 rings (SSSR count). The van der Waals surface area contributed by atoms with Crippen molar-refractivity contribution in [2.24, 2.45) is 0 Å². The number of anilines is 1. The number of ether oxygens (including phenoxy) is 1. The lowest BCUT2D eigenvalue weighted by Gasteiger charge is -2.10. The van der Waals surface area contributed by atoms with Crippen LogP contribution in [0.5, 0.6) is 5.75 Å². The molecule has 0 saturated carbocycles. The van der Waals surface area contributed by atoms with Crippen LogP contribution in [0.1, 0.15) is 12.0 Å². The Morgan fingerprint density at radius 1 is 1.17 bits per heavy atom.